The van der Waals surface area contributed by atoms with Crippen molar-refractivity contribution >= 4 is 11.4 Å². The third kappa shape index (κ3) is 5.59. The molecule has 2 aromatic carbocycles. The number of unbranched alkanes of at least 4 members (excludes halogenated alkanes) is 4. The lowest BCUT2D eigenvalue weighted by molar-refractivity contribution is 0.741. The highest BCUT2D eigenvalue weighted by atomic mass is 15.0. The fraction of sp³-hybridized carbons (Fsp3) is 0.455. The summed E-state index contributed by atoms with van der Waals surface area (Å²) in [4.78, 5) is 0. The van der Waals surface area contributed by atoms with E-state index in [1.54, 1.807) is 0 Å². The largest absolute Gasteiger partial charge is 0.383 e. The van der Waals surface area contributed by atoms with Crippen LogP contribution in [0, 0.1) is 0 Å². The van der Waals surface area contributed by atoms with Crippen molar-refractivity contribution in [2.45, 2.75) is 52.4 Å². The van der Waals surface area contributed by atoms with Gasteiger partial charge in [0.25, 0.3) is 0 Å². The zero-order chi connectivity index (χ0) is 17.0. The van der Waals surface area contributed by atoms with Gasteiger partial charge in [-0.3, -0.25) is 0 Å². The fourth-order valence-corrected chi connectivity index (χ4v) is 2.93. The quantitative estimate of drug-likeness (QED) is 0.457. The molecule has 2 N–H and O–H groups in total. The molecule has 0 aliphatic heterocycles. The maximum atomic E-state index is 3.69. The molecule has 0 spiro atoms. The third-order valence-electron chi connectivity index (χ3n) is 4.33. The maximum Gasteiger partial charge on any atom is 0.0655 e. The van der Waals surface area contributed by atoms with Crippen LogP contribution in [0.5, 0.6) is 0 Å². The standard InChI is InChI=1S/C22H32N2/c1-3-5-10-17-23-21-16-12-15-20(19-13-8-7-9-14-19)22(21)24-18-11-6-4-2/h7-9,12-16,23-24H,3-6,10-11,17-18H2,1-2H3. The van der Waals surface area contributed by atoms with Gasteiger partial charge in [-0.2, -0.15) is 0 Å². The number of para-hydroxylation sites is 1. The fourth-order valence-electron chi connectivity index (χ4n) is 2.93. The van der Waals surface area contributed by atoms with Crippen molar-refractivity contribution < 1.29 is 0 Å². The van der Waals surface area contributed by atoms with Crippen LogP contribution >= 0.6 is 0 Å². The molecule has 0 heterocycles. The molecule has 0 amide bonds. The second-order valence-corrected chi connectivity index (χ2v) is 6.36. The zero-order valence-corrected chi connectivity index (χ0v) is 15.3. The van der Waals surface area contributed by atoms with Crippen LogP contribution in [0.3, 0.4) is 0 Å². The summed E-state index contributed by atoms with van der Waals surface area (Å²) in [5.74, 6) is 0. The summed E-state index contributed by atoms with van der Waals surface area (Å²) in [7, 11) is 0. The van der Waals surface area contributed by atoms with Crippen LogP contribution in [-0.2, 0) is 0 Å². The van der Waals surface area contributed by atoms with E-state index in [-0.39, 0.29) is 0 Å². The summed E-state index contributed by atoms with van der Waals surface area (Å²) in [6, 6.07) is 17.2. The summed E-state index contributed by atoms with van der Waals surface area (Å²) in [6.45, 7) is 6.56. The first-order valence-corrected chi connectivity index (χ1v) is 9.53. The first-order chi connectivity index (χ1) is 11.9. The minimum Gasteiger partial charge on any atom is -0.383 e. The van der Waals surface area contributed by atoms with Crippen LogP contribution in [0.1, 0.15) is 52.4 Å². The Labute approximate surface area is 147 Å². The second kappa shape index (κ2) is 10.7. The van der Waals surface area contributed by atoms with Crippen LogP contribution in [-0.4, -0.2) is 13.1 Å². The molecule has 0 unspecified atom stereocenters. The highest BCUT2D eigenvalue weighted by Gasteiger charge is 2.09. The zero-order valence-electron chi connectivity index (χ0n) is 15.3. The van der Waals surface area contributed by atoms with Gasteiger partial charge in [-0.15, -0.1) is 0 Å². The van der Waals surface area contributed by atoms with Crippen molar-refractivity contribution in [1.29, 1.82) is 0 Å². The molecule has 0 aromatic heterocycles. The SMILES string of the molecule is CCCCCNc1cccc(-c2ccccc2)c1NCCCCC. The van der Waals surface area contributed by atoms with E-state index >= 15 is 0 Å². The van der Waals surface area contributed by atoms with Gasteiger partial charge in [0.15, 0.2) is 0 Å². The molecule has 2 rings (SSSR count). The Morgan fingerprint density at radius 2 is 1.33 bits per heavy atom. The Bertz CT molecular complexity index is 578. The van der Waals surface area contributed by atoms with Crippen molar-refractivity contribution in [2.24, 2.45) is 0 Å². The molecule has 0 fully saturated rings. The summed E-state index contributed by atoms with van der Waals surface area (Å²) >= 11 is 0. The van der Waals surface area contributed by atoms with E-state index in [0.717, 1.165) is 13.1 Å². The Balaban J connectivity index is 2.18. The summed E-state index contributed by atoms with van der Waals surface area (Å²) in [5, 5.41) is 7.33. The smallest absolute Gasteiger partial charge is 0.0655 e. The predicted molar refractivity (Wildman–Crippen MR) is 108 cm³/mol. The van der Waals surface area contributed by atoms with E-state index in [0.29, 0.717) is 0 Å². The van der Waals surface area contributed by atoms with Crippen molar-refractivity contribution in [3.8, 4) is 11.1 Å². The number of rotatable bonds is 11. The van der Waals surface area contributed by atoms with Crippen molar-refractivity contribution in [2.75, 3.05) is 23.7 Å². The average Bonchev–Trinajstić information content (AvgIpc) is 2.63. The molecule has 0 atom stereocenters. The monoisotopic (exact) mass is 324 g/mol. The van der Waals surface area contributed by atoms with Gasteiger partial charge < -0.3 is 10.6 Å². The molecule has 2 nitrogen and oxygen atoms in total. The number of nitrogens with one attached hydrogen (secondary N) is 2. The van der Waals surface area contributed by atoms with E-state index in [4.69, 9.17) is 0 Å². The first kappa shape index (κ1) is 18.4. The van der Waals surface area contributed by atoms with Crippen molar-refractivity contribution in [3.05, 3.63) is 48.5 Å². The van der Waals surface area contributed by atoms with Crippen LogP contribution < -0.4 is 10.6 Å². The molecule has 2 aromatic rings. The van der Waals surface area contributed by atoms with Gasteiger partial charge in [0.2, 0.25) is 0 Å². The van der Waals surface area contributed by atoms with Gasteiger partial charge in [0, 0.05) is 18.7 Å². The third-order valence-corrected chi connectivity index (χ3v) is 4.33. The van der Waals surface area contributed by atoms with E-state index < -0.39 is 0 Å². The Hall–Kier alpha value is -1.96. The van der Waals surface area contributed by atoms with Gasteiger partial charge in [0.05, 0.1) is 11.4 Å². The molecule has 0 aliphatic carbocycles. The lowest BCUT2D eigenvalue weighted by Crippen LogP contribution is -2.09. The average molecular weight is 325 g/mol. The lowest BCUT2D eigenvalue weighted by atomic mass is 10.0. The topological polar surface area (TPSA) is 24.1 Å². The van der Waals surface area contributed by atoms with Gasteiger partial charge in [0.1, 0.15) is 0 Å². The summed E-state index contributed by atoms with van der Waals surface area (Å²) < 4.78 is 0. The van der Waals surface area contributed by atoms with Gasteiger partial charge in [-0.05, 0) is 24.5 Å². The Morgan fingerprint density at radius 1 is 0.667 bits per heavy atom. The minimum absolute atomic E-state index is 1.03. The molecular weight excluding hydrogens is 292 g/mol. The van der Waals surface area contributed by atoms with Crippen LogP contribution in [0.25, 0.3) is 11.1 Å². The van der Waals surface area contributed by atoms with Gasteiger partial charge >= 0.3 is 0 Å². The van der Waals surface area contributed by atoms with Crippen LogP contribution in [0.15, 0.2) is 48.5 Å². The van der Waals surface area contributed by atoms with Crippen LogP contribution in [0.4, 0.5) is 11.4 Å². The summed E-state index contributed by atoms with van der Waals surface area (Å²) in [6.07, 6.45) is 7.51. The number of benzene rings is 2. The molecular formula is C22H32N2. The van der Waals surface area contributed by atoms with E-state index in [1.165, 1.54) is 61.0 Å². The molecule has 0 saturated heterocycles. The minimum atomic E-state index is 1.03. The lowest BCUT2D eigenvalue weighted by Gasteiger charge is -2.18. The number of hydrogen-bond donors (Lipinski definition) is 2. The van der Waals surface area contributed by atoms with E-state index in [1.807, 2.05) is 0 Å². The second-order valence-electron chi connectivity index (χ2n) is 6.36. The number of anilines is 2. The Morgan fingerprint density at radius 3 is 2.00 bits per heavy atom. The molecule has 0 radical (unpaired) electrons. The van der Waals surface area contributed by atoms with Crippen LogP contribution in [0.2, 0.25) is 0 Å². The molecule has 2 heteroatoms. The molecule has 0 saturated carbocycles. The highest BCUT2D eigenvalue weighted by Crippen LogP contribution is 2.34. The summed E-state index contributed by atoms with van der Waals surface area (Å²) in [5.41, 5.74) is 5.03. The molecule has 0 bridgehead atoms. The molecule has 0 aliphatic rings. The van der Waals surface area contributed by atoms with Gasteiger partial charge in [-0.1, -0.05) is 82.0 Å². The molecule has 130 valence electrons. The maximum absolute atomic E-state index is 3.69. The van der Waals surface area contributed by atoms with Crippen molar-refractivity contribution in [3.63, 3.8) is 0 Å². The van der Waals surface area contributed by atoms with E-state index in [9.17, 15) is 0 Å². The van der Waals surface area contributed by atoms with Crippen molar-refractivity contribution in [1.82, 2.24) is 0 Å². The highest BCUT2D eigenvalue weighted by molar-refractivity contribution is 5.87. The van der Waals surface area contributed by atoms with E-state index in [2.05, 4.69) is 73.0 Å². The van der Waals surface area contributed by atoms with Gasteiger partial charge in [-0.25, -0.2) is 0 Å². The normalized spacial score (nSPS) is 10.6. The first-order valence-electron chi connectivity index (χ1n) is 9.53. The molecule has 24 heavy (non-hydrogen) atoms. The number of hydrogen-bond acceptors (Lipinski definition) is 2. The Kier molecular flexibility index (Phi) is 8.23. The predicted octanol–water partition coefficient (Wildman–Crippen LogP) is 6.56.